The number of hydrogen-bond acceptors (Lipinski definition) is 5. The van der Waals surface area contributed by atoms with Crippen LogP contribution in [-0.2, 0) is 16.1 Å². The lowest BCUT2D eigenvalue weighted by Crippen LogP contribution is -2.49. The molecule has 0 bridgehead atoms. The van der Waals surface area contributed by atoms with E-state index < -0.39 is 12.0 Å². The lowest BCUT2D eigenvalue weighted by Gasteiger charge is -2.37. The molecule has 1 heterocycles. The second kappa shape index (κ2) is 17.6. The fraction of sp³-hybridized carbons (Fsp3) is 0.583. The normalized spacial score (nSPS) is 17.0. The van der Waals surface area contributed by atoms with Crippen molar-refractivity contribution in [2.75, 3.05) is 32.1 Å². The Bertz CT molecular complexity index is 1240. The molecule has 0 aromatic heterocycles. The molecular formula is C36H53N3O4S. The molecule has 2 aromatic rings. The van der Waals surface area contributed by atoms with Gasteiger partial charge in [-0.3, -0.25) is 14.5 Å². The van der Waals surface area contributed by atoms with Crippen LogP contribution in [0.2, 0.25) is 0 Å². The van der Waals surface area contributed by atoms with E-state index in [0.29, 0.717) is 30.2 Å². The summed E-state index contributed by atoms with van der Waals surface area (Å²) in [5.41, 5.74) is 4.24. The van der Waals surface area contributed by atoms with Crippen LogP contribution < -0.4 is 5.32 Å². The molecule has 1 unspecified atom stereocenters. The van der Waals surface area contributed by atoms with Crippen LogP contribution in [0, 0.1) is 12.8 Å². The number of aryl methyl sites for hydroxylation is 1. The Kier molecular flexibility index (Phi) is 14.3. The summed E-state index contributed by atoms with van der Waals surface area (Å²) >= 11 is 1.56. The zero-order valence-corrected chi connectivity index (χ0v) is 27.0. The number of carbonyl (C=O) groups excluding carboxylic acids is 2. The summed E-state index contributed by atoms with van der Waals surface area (Å²) in [5.74, 6) is 0.0676. The molecule has 1 saturated heterocycles. The van der Waals surface area contributed by atoms with Crippen molar-refractivity contribution in [3.05, 3.63) is 59.2 Å². The molecule has 2 amide bonds. The van der Waals surface area contributed by atoms with Crippen molar-refractivity contribution in [2.45, 2.75) is 97.2 Å². The third-order valence-corrected chi connectivity index (χ3v) is 9.82. The summed E-state index contributed by atoms with van der Waals surface area (Å²) in [4.78, 5) is 43.6. The van der Waals surface area contributed by atoms with Crippen LogP contribution in [0.4, 0.5) is 0 Å². The van der Waals surface area contributed by atoms with Gasteiger partial charge in [0.2, 0.25) is 5.91 Å². The number of carboxylic acid groups (broad SMARTS) is 1. The van der Waals surface area contributed by atoms with Gasteiger partial charge in [0.15, 0.2) is 0 Å². The second-order valence-corrected chi connectivity index (χ2v) is 13.4. The fourth-order valence-electron chi connectivity index (χ4n) is 6.65. The molecule has 4 rings (SSSR count). The van der Waals surface area contributed by atoms with Gasteiger partial charge in [-0.05, 0) is 98.4 Å². The zero-order chi connectivity index (χ0) is 30.8. The molecule has 2 aromatic carbocycles. The van der Waals surface area contributed by atoms with Crippen molar-refractivity contribution >= 4 is 29.5 Å². The SMILES string of the molecule is C.CSCC[C@H](NC(=O)c1ccc(CN(C)C(CC2CCCCC2)C(=O)N2CCCCC2)cc1-c1ccccc1C)C(=O)O. The average molecular weight is 624 g/mol. The second-order valence-electron chi connectivity index (χ2n) is 12.4. The van der Waals surface area contributed by atoms with Crippen molar-refractivity contribution in [1.29, 1.82) is 0 Å². The van der Waals surface area contributed by atoms with Crippen LogP contribution in [0.1, 0.15) is 93.1 Å². The molecule has 2 N–H and O–H groups in total. The number of nitrogens with zero attached hydrogens (tertiary/aromatic N) is 2. The van der Waals surface area contributed by atoms with Gasteiger partial charge in [0.1, 0.15) is 6.04 Å². The molecular weight excluding hydrogens is 570 g/mol. The van der Waals surface area contributed by atoms with Gasteiger partial charge in [0, 0.05) is 25.2 Å². The molecule has 44 heavy (non-hydrogen) atoms. The number of amides is 2. The third-order valence-electron chi connectivity index (χ3n) is 9.18. The lowest BCUT2D eigenvalue weighted by atomic mass is 9.84. The predicted molar refractivity (Wildman–Crippen MR) is 182 cm³/mol. The van der Waals surface area contributed by atoms with Gasteiger partial charge in [0.25, 0.3) is 5.91 Å². The largest absolute Gasteiger partial charge is 0.480 e. The van der Waals surface area contributed by atoms with Gasteiger partial charge in [-0.15, -0.1) is 0 Å². The highest BCUT2D eigenvalue weighted by molar-refractivity contribution is 7.98. The Hall–Kier alpha value is -2.84. The van der Waals surface area contributed by atoms with Gasteiger partial charge in [0.05, 0.1) is 6.04 Å². The van der Waals surface area contributed by atoms with Gasteiger partial charge < -0.3 is 15.3 Å². The molecule has 8 heteroatoms. The number of hydrogen-bond donors (Lipinski definition) is 2. The van der Waals surface area contributed by atoms with E-state index in [1.54, 1.807) is 11.8 Å². The highest BCUT2D eigenvalue weighted by Crippen LogP contribution is 2.32. The maximum atomic E-state index is 13.9. The Morgan fingerprint density at radius 1 is 1.00 bits per heavy atom. The number of rotatable bonds is 13. The summed E-state index contributed by atoms with van der Waals surface area (Å²) in [5, 5.41) is 12.5. The standard InChI is InChI=1S/C35H49N3O4S.CH4/c1-25-12-8-9-15-28(25)30-22-27(16-17-29(30)33(39)36-31(35(41)42)18-21-43-3)24-37(2)32(23-26-13-6-4-7-14-26)34(40)38-19-10-5-11-20-38;/h8-9,12,15-17,22,26,31-32H,4-7,10-11,13-14,18-21,23-24H2,1-3H3,(H,36,39)(H,41,42);1H4/t31-,32?;/m0./s1. The molecule has 1 aliphatic carbocycles. The molecule has 0 radical (unpaired) electrons. The highest BCUT2D eigenvalue weighted by atomic mass is 32.2. The molecule has 0 spiro atoms. The summed E-state index contributed by atoms with van der Waals surface area (Å²) < 4.78 is 0. The van der Waals surface area contributed by atoms with Crippen LogP contribution in [0.25, 0.3) is 11.1 Å². The van der Waals surface area contributed by atoms with Crippen molar-refractivity contribution in [3.63, 3.8) is 0 Å². The van der Waals surface area contributed by atoms with Crippen LogP contribution in [0.5, 0.6) is 0 Å². The Morgan fingerprint density at radius 2 is 1.68 bits per heavy atom. The number of carbonyl (C=O) groups is 3. The molecule has 1 aliphatic heterocycles. The number of benzene rings is 2. The number of aliphatic carboxylic acids is 1. The molecule has 2 atom stereocenters. The zero-order valence-electron chi connectivity index (χ0n) is 26.1. The smallest absolute Gasteiger partial charge is 0.326 e. The number of carboxylic acids is 1. The van der Waals surface area contributed by atoms with Gasteiger partial charge in [-0.2, -0.15) is 11.8 Å². The summed E-state index contributed by atoms with van der Waals surface area (Å²) in [6, 6.07) is 12.7. The maximum Gasteiger partial charge on any atom is 0.326 e. The maximum absolute atomic E-state index is 13.9. The lowest BCUT2D eigenvalue weighted by molar-refractivity contribution is -0.139. The van der Waals surface area contributed by atoms with E-state index in [2.05, 4.69) is 28.2 Å². The van der Waals surface area contributed by atoms with Crippen LogP contribution >= 0.6 is 11.8 Å². The summed E-state index contributed by atoms with van der Waals surface area (Å²) in [6.07, 6.45) is 12.7. The van der Waals surface area contributed by atoms with Crippen LogP contribution in [0.3, 0.4) is 0 Å². The quantitative estimate of drug-likeness (QED) is 0.249. The Morgan fingerprint density at radius 3 is 2.34 bits per heavy atom. The minimum absolute atomic E-state index is 0. The summed E-state index contributed by atoms with van der Waals surface area (Å²) in [7, 11) is 2.06. The highest BCUT2D eigenvalue weighted by Gasteiger charge is 2.32. The molecule has 2 fully saturated rings. The first-order valence-corrected chi connectivity index (χ1v) is 17.4. The third kappa shape index (κ3) is 9.58. The Balaban J connectivity index is 0.00000529. The molecule has 2 aliphatic rings. The first-order chi connectivity index (χ1) is 20.8. The predicted octanol–water partition coefficient (Wildman–Crippen LogP) is 7.02. The van der Waals surface area contributed by atoms with Crippen LogP contribution in [-0.4, -0.2) is 76.9 Å². The first kappa shape index (κ1) is 35.6. The minimum Gasteiger partial charge on any atom is -0.480 e. The van der Waals surface area contributed by atoms with Crippen molar-refractivity contribution in [2.24, 2.45) is 5.92 Å². The van der Waals surface area contributed by atoms with E-state index in [9.17, 15) is 19.5 Å². The van der Waals surface area contributed by atoms with E-state index >= 15 is 0 Å². The average Bonchev–Trinajstić information content (AvgIpc) is 3.02. The first-order valence-electron chi connectivity index (χ1n) is 16.0. The summed E-state index contributed by atoms with van der Waals surface area (Å²) in [6.45, 7) is 4.31. The number of nitrogens with one attached hydrogen (secondary N) is 1. The van der Waals surface area contributed by atoms with Crippen LogP contribution in [0.15, 0.2) is 42.5 Å². The van der Waals surface area contributed by atoms with E-state index in [-0.39, 0.29) is 25.3 Å². The van der Waals surface area contributed by atoms with Gasteiger partial charge in [-0.1, -0.05) is 69.9 Å². The Labute approximate surface area is 269 Å². The van der Waals surface area contributed by atoms with Gasteiger partial charge in [-0.25, -0.2) is 4.79 Å². The van der Waals surface area contributed by atoms with Crippen molar-refractivity contribution in [3.8, 4) is 11.1 Å². The van der Waals surface area contributed by atoms with E-state index in [1.807, 2.05) is 49.6 Å². The van der Waals surface area contributed by atoms with E-state index in [1.165, 1.54) is 38.5 Å². The molecule has 242 valence electrons. The monoisotopic (exact) mass is 623 g/mol. The minimum atomic E-state index is -1.03. The van der Waals surface area contributed by atoms with Crippen molar-refractivity contribution in [1.82, 2.24) is 15.1 Å². The van der Waals surface area contributed by atoms with E-state index in [4.69, 9.17) is 0 Å². The topological polar surface area (TPSA) is 90.0 Å². The fourth-order valence-corrected chi connectivity index (χ4v) is 7.12. The number of likely N-dealkylation sites (tertiary alicyclic amines) is 1. The number of thioether (sulfide) groups is 1. The molecule has 1 saturated carbocycles. The number of likely N-dealkylation sites (N-methyl/N-ethyl adjacent to an activating group) is 1. The van der Waals surface area contributed by atoms with Gasteiger partial charge >= 0.3 is 5.97 Å². The number of piperidine rings is 1. The van der Waals surface area contributed by atoms with E-state index in [0.717, 1.165) is 54.6 Å². The molecule has 7 nitrogen and oxygen atoms in total. The van der Waals surface area contributed by atoms with Crippen molar-refractivity contribution < 1.29 is 19.5 Å².